The van der Waals surface area contributed by atoms with Crippen molar-refractivity contribution in [2.24, 2.45) is 11.8 Å². The van der Waals surface area contributed by atoms with Crippen molar-refractivity contribution < 1.29 is 12.8 Å². The van der Waals surface area contributed by atoms with Crippen molar-refractivity contribution in [2.75, 3.05) is 5.75 Å². The number of nitrogens with zero attached hydrogens (tertiary/aromatic N) is 2. The molecule has 0 aliphatic heterocycles. The number of aromatic nitrogens is 2. The summed E-state index contributed by atoms with van der Waals surface area (Å²) in [5.74, 6) is 1.40. The van der Waals surface area contributed by atoms with Crippen LogP contribution in [0.25, 0.3) is 17.5 Å². The number of hydrogen-bond acceptors (Lipinski definition) is 4. The van der Waals surface area contributed by atoms with E-state index in [0.29, 0.717) is 17.5 Å². The molecular weight excluding hydrogens is 399 g/mol. The first-order valence-corrected chi connectivity index (χ1v) is 12.3. The molecule has 1 saturated carbocycles. The highest BCUT2D eigenvalue weighted by Crippen LogP contribution is 2.39. The minimum absolute atomic E-state index is 0.264. The molecule has 2 aliphatic carbocycles. The van der Waals surface area contributed by atoms with Crippen molar-refractivity contribution in [3.63, 3.8) is 0 Å². The van der Waals surface area contributed by atoms with Gasteiger partial charge in [0, 0.05) is 17.3 Å². The van der Waals surface area contributed by atoms with E-state index in [1.807, 2.05) is 6.20 Å². The number of fused-ring (bicyclic) bond motifs is 1. The molecule has 0 saturated heterocycles. The summed E-state index contributed by atoms with van der Waals surface area (Å²) < 4.78 is 37.5. The van der Waals surface area contributed by atoms with Crippen molar-refractivity contribution in [2.45, 2.75) is 57.6 Å². The van der Waals surface area contributed by atoms with E-state index in [9.17, 15) is 12.8 Å². The average molecular weight is 429 g/mol. The molecule has 0 radical (unpaired) electrons. The molecule has 1 aromatic carbocycles. The van der Waals surface area contributed by atoms with Crippen LogP contribution in [0.1, 0.15) is 57.7 Å². The molecule has 0 atom stereocenters. The van der Waals surface area contributed by atoms with E-state index in [2.05, 4.69) is 11.1 Å². The normalized spacial score (nSPS) is 21.9. The minimum atomic E-state index is -3.07. The van der Waals surface area contributed by atoms with Gasteiger partial charge >= 0.3 is 0 Å². The predicted molar refractivity (Wildman–Crippen MR) is 118 cm³/mol. The summed E-state index contributed by atoms with van der Waals surface area (Å²) in [6, 6.07) is 6.24. The van der Waals surface area contributed by atoms with Crippen molar-refractivity contribution in [1.29, 1.82) is 0 Å². The molecule has 0 amide bonds. The van der Waals surface area contributed by atoms with E-state index in [0.717, 1.165) is 48.9 Å². The first-order valence-electron chi connectivity index (χ1n) is 10.7. The Labute approximate surface area is 178 Å². The molecule has 30 heavy (non-hydrogen) atoms. The Morgan fingerprint density at radius 2 is 1.73 bits per heavy atom. The third kappa shape index (κ3) is 4.34. The number of rotatable bonds is 4. The lowest BCUT2D eigenvalue weighted by molar-refractivity contribution is 0.319. The van der Waals surface area contributed by atoms with Gasteiger partial charge in [0.15, 0.2) is 15.7 Å². The van der Waals surface area contributed by atoms with Gasteiger partial charge in [0.2, 0.25) is 0 Å². The van der Waals surface area contributed by atoms with Gasteiger partial charge in [-0.2, -0.15) is 0 Å². The smallest absolute Gasteiger partial charge is 0.159 e. The topological polar surface area (TPSA) is 59.9 Å². The van der Waals surface area contributed by atoms with Crippen LogP contribution in [0.15, 0.2) is 36.0 Å². The lowest BCUT2D eigenvalue weighted by Crippen LogP contribution is -2.34. The van der Waals surface area contributed by atoms with Gasteiger partial charge in [-0.15, -0.1) is 0 Å². The lowest BCUT2D eigenvalue weighted by Gasteiger charge is -2.31. The van der Waals surface area contributed by atoms with Gasteiger partial charge in [0.25, 0.3) is 0 Å². The van der Waals surface area contributed by atoms with Crippen LogP contribution in [0.2, 0.25) is 0 Å². The molecule has 2 aromatic rings. The Bertz CT molecular complexity index is 1060. The van der Waals surface area contributed by atoms with E-state index in [4.69, 9.17) is 4.98 Å². The Hall–Kier alpha value is -2.08. The highest BCUT2D eigenvalue weighted by atomic mass is 32.2. The second-order valence-corrected chi connectivity index (χ2v) is 12.4. The summed E-state index contributed by atoms with van der Waals surface area (Å²) in [6.07, 6.45) is 8.91. The first-order chi connectivity index (χ1) is 14.1. The molecule has 0 N–H and O–H groups in total. The van der Waals surface area contributed by atoms with Crippen LogP contribution >= 0.6 is 0 Å². The van der Waals surface area contributed by atoms with Gasteiger partial charge in [-0.05, 0) is 95.1 Å². The maximum Gasteiger partial charge on any atom is 0.159 e. The zero-order valence-electron chi connectivity index (χ0n) is 17.9. The third-order valence-corrected chi connectivity index (χ3v) is 9.25. The van der Waals surface area contributed by atoms with Crippen molar-refractivity contribution in [3.8, 4) is 11.4 Å². The van der Waals surface area contributed by atoms with Gasteiger partial charge in [-0.1, -0.05) is 5.57 Å². The van der Waals surface area contributed by atoms with E-state index < -0.39 is 14.6 Å². The molecule has 1 fully saturated rings. The van der Waals surface area contributed by atoms with Crippen LogP contribution in [0.5, 0.6) is 0 Å². The van der Waals surface area contributed by atoms with E-state index in [-0.39, 0.29) is 11.7 Å². The molecule has 0 spiro atoms. The van der Waals surface area contributed by atoms with Crippen molar-refractivity contribution in [3.05, 3.63) is 53.1 Å². The van der Waals surface area contributed by atoms with Gasteiger partial charge < -0.3 is 0 Å². The summed E-state index contributed by atoms with van der Waals surface area (Å²) >= 11 is 0. The fourth-order valence-corrected chi connectivity index (χ4v) is 5.84. The lowest BCUT2D eigenvalue weighted by atomic mass is 9.78. The van der Waals surface area contributed by atoms with E-state index in [1.54, 1.807) is 32.9 Å². The standard InChI is InChI=1S/C24H29FN2O2S/c1-24(2,3)30(28,29)15-16-4-6-17(7-5-16)19-12-20-14-26-23(27-22(20)13-19)18-8-10-21(25)11-9-18/h8-11,13-14,16-17H,4-7,12,15H2,1-3H3. The molecule has 1 aromatic heterocycles. The van der Waals surface area contributed by atoms with E-state index in [1.165, 1.54) is 17.7 Å². The number of benzene rings is 1. The van der Waals surface area contributed by atoms with Crippen LogP contribution < -0.4 is 0 Å². The summed E-state index contributed by atoms with van der Waals surface area (Å²) in [5, 5.41) is 0. The zero-order chi connectivity index (χ0) is 21.5. The second kappa shape index (κ2) is 7.88. The largest absolute Gasteiger partial charge is 0.236 e. The quantitative estimate of drug-likeness (QED) is 0.668. The molecule has 0 unspecified atom stereocenters. The average Bonchev–Trinajstić information content (AvgIpc) is 3.11. The molecule has 6 heteroatoms. The highest BCUT2D eigenvalue weighted by Gasteiger charge is 2.34. The van der Waals surface area contributed by atoms with Crippen LogP contribution in [-0.4, -0.2) is 28.9 Å². The Morgan fingerprint density at radius 3 is 2.37 bits per heavy atom. The predicted octanol–water partition coefficient (Wildman–Crippen LogP) is 5.24. The molecule has 160 valence electrons. The summed E-state index contributed by atoms with van der Waals surface area (Å²) in [7, 11) is -3.07. The maximum absolute atomic E-state index is 13.2. The first kappa shape index (κ1) is 21.2. The van der Waals surface area contributed by atoms with Gasteiger partial charge in [0.05, 0.1) is 16.2 Å². The van der Waals surface area contributed by atoms with Crippen molar-refractivity contribution in [1.82, 2.24) is 9.97 Å². The SMILES string of the molecule is CC(C)(C)S(=O)(=O)CC1CCC(C2=Cc3nc(-c4ccc(F)cc4)ncc3C2)CC1. The molecule has 2 aliphatic rings. The fourth-order valence-electron chi connectivity index (χ4n) is 4.39. The summed E-state index contributed by atoms with van der Waals surface area (Å²) in [5.41, 5.74) is 4.28. The van der Waals surface area contributed by atoms with Gasteiger partial charge in [0.1, 0.15) is 5.82 Å². The number of allylic oxidation sites excluding steroid dienone is 1. The number of halogens is 1. The Kier molecular flexibility index (Phi) is 5.56. The molecule has 4 nitrogen and oxygen atoms in total. The summed E-state index contributed by atoms with van der Waals surface area (Å²) in [4.78, 5) is 9.17. The Morgan fingerprint density at radius 1 is 1.07 bits per heavy atom. The molecule has 4 rings (SSSR count). The molecule has 0 bridgehead atoms. The van der Waals surface area contributed by atoms with Crippen LogP contribution in [0.4, 0.5) is 4.39 Å². The Balaban J connectivity index is 1.42. The molecular formula is C24H29FN2O2S. The van der Waals surface area contributed by atoms with Crippen LogP contribution in [0.3, 0.4) is 0 Å². The number of sulfone groups is 1. The van der Waals surface area contributed by atoms with Crippen molar-refractivity contribution >= 4 is 15.9 Å². The summed E-state index contributed by atoms with van der Waals surface area (Å²) in [6.45, 7) is 5.36. The number of hydrogen-bond donors (Lipinski definition) is 0. The zero-order valence-corrected chi connectivity index (χ0v) is 18.7. The van der Waals surface area contributed by atoms with Gasteiger partial charge in [-0.3, -0.25) is 0 Å². The monoisotopic (exact) mass is 428 g/mol. The fraction of sp³-hybridized carbons (Fsp3) is 0.500. The van der Waals surface area contributed by atoms with Gasteiger partial charge in [-0.25, -0.2) is 22.8 Å². The van der Waals surface area contributed by atoms with Crippen LogP contribution in [-0.2, 0) is 16.3 Å². The highest BCUT2D eigenvalue weighted by molar-refractivity contribution is 7.92. The van der Waals surface area contributed by atoms with E-state index >= 15 is 0 Å². The second-order valence-electron chi connectivity index (χ2n) is 9.62. The van der Waals surface area contributed by atoms with Crippen LogP contribution in [0, 0.1) is 17.7 Å². The third-order valence-electron chi connectivity index (χ3n) is 6.48. The minimum Gasteiger partial charge on any atom is -0.236 e. The molecule has 1 heterocycles. The maximum atomic E-state index is 13.2.